The van der Waals surface area contributed by atoms with Crippen LogP contribution in [-0.2, 0) is 14.3 Å². The highest BCUT2D eigenvalue weighted by molar-refractivity contribution is 5.75. The number of hydrogen-bond donors (Lipinski definition) is 1. The monoisotopic (exact) mass is 198 g/mol. The summed E-state index contributed by atoms with van der Waals surface area (Å²) < 4.78 is 4.64. The van der Waals surface area contributed by atoms with Gasteiger partial charge in [0.2, 0.25) is 0 Å². The van der Waals surface area contributed by atoms with Crippen LogP contribution in [0.5, 0.6) is 0 Å². The van der Waals surface area contributed by atoms with Crippen molar-refractivity contribution in [3.05, 3.63) is 0 Å². The van der Waals surface area contributed by atoms with E-state index in [4.69, 9.17) is 5.11 Å². The van der Waals surface area contributed by atoms with E-state index >= 15 is 0 Å². The van der Waals surface area contributed by atoms with Gasteiger partial charge in [-0.3, -0.25) is 9.59 Å². The van der Waals surface area contributed by atoms with Crippen molar-refractivity contribution in [3.63, 3.8) is 0 Å². The minimum absolute atomic E-state index is 0.0229. The normalized spacial score (nSPS) is 39.8. The third-order valence-corrected chi connectivity index (χ3v) is 3.60. The average molecular weight is 198 g/mol. The Morgan fingerprint density at radius 1 is 1.21 bits per heavy atom. The standard InChI is InChI=1S/C10H14O4/c1-14-9(13)7-4-10(5-7)2-6(3-10)8(11)12/h6-7H,2-5H2,1H3,(H,11,12). The van der Waals surface area contributed by atoms with Crippen molar-refractivity contribution < 1.29 is 19.4 Å². The molecule has 4 nitrogen and oxygen atoms in total. The fraction of sp³-hybridized carbons (Fsp3) is 0.800. The summed E-state index contributed by atoms with van der Waals surface area (Å²) in [7, 11) is 1.40. The molecular weight excluding hydrogens is 184 g/mol. The second kappa shape index (κ2) is 2.97. The number of carboxylic acid groups (broad SMARTS) is 1. The molecule has 2 aliphatic rings. The van der Waals surface area contributed by atoms with Crippen molar-refractivity contribution in [1.82, 2.24) is 0 Å². The molecule has 0 unspecified atom stereocenters. The lowest BCUT2D eigenvalue weighted by Crippen LogP contribution is -2.51. The van der Waals surface area contributed by atoms with Crippen molar-refractivity contribution >= 4 is 11.9 Å². The Labute approximate surface area is 82.2 Å². The molecule has 0 radical (unpaired) electrons. The fourth-order valence-corrected chi connectivity index (χ4v) is 2.81. The van der Waals surface area contributed by atoms with Crippen LogP contribution in [0.1, 0.15) is 25.7 Å². The molecule has 4 heteroatoms. The number of carbonyl (C=O) groups excluding carboxylic acids is 1. The quantitative estimate of drug-likeness (QED) is 0.673. The number of ether oxygens (including phenoxy) is 1. The highest BCUT2D eigenvalue weighted by atomic mass is 16.5. The first-order valence-electron chi connectivity index (χ1n) is 4.87. The molecule has 0 aromatic carbocycles. The fourth-order valence-electron chi connectivity index (χ4n) is 2.81. The van der Waals surface area contributed by atoms with E-state index < -0.39 is 5.97 Å². The molecule has 0 aromatic heterocycles. The summed E-state index contributed by atoms with van der Waals surface area (Å²) in [6.07, 6.45) is 3.14. The highest BCUT2D eigenvalue weighted by Gasteiger charge is 2.56. The topological polar surface area (TPSA) is 63.6 Å². The predicted octanol–water partition coefficient (Wildman–Crippen LogP) is 1.05. The molecule has 0 aliphatic heterocycles. The number of rotatable bonds is 2. The molecule has 78 valence electrons. The molecule has 0 heterocycles. The molecule has 1 spiro atoms. The third kappa shape index (κ3) is 1.29. The van der Waals surface area contributed by atoms with Gasteiger partial charge in [0.15, 0.2) is 0 Å². The van der Waals surface area contributed by atoms with Gasteiger partial charge in [-0.1, -0.05) is 0 Å². The summed E-state index contributed by atoms with van der Waals surface area (Å²) >= 11 is 0. The van der Waals surface area contributed by atoms with Gasteiger partial charge in [-0.05, 0) is 31.1 Å². The number of methoxy groups -OCH3 is 1. The number of carbonyl (C=O) groups is 2. The van der Waals surface area contributed by atoms with Crippen LogP contribution in [0, 0.1) is 17.3 Å². The van der Waals surface area contributed by atoms with Gasteiger partial charge in [-0.2, -0.15) is 0 Å². The summed E-state index contributed by atoms with van der Waals surface area (Å²) in [5, 5.41) is 8.71. The van der Waals surface area contributed by atoms with Crippen molar-refractivity contribution in [2.75, 3.05) is 7.11 Å². The second-order valence-corrected chi connectivity index (χ2v) is 4.57. The first kappa shape index (κ1) is 9.49. The summed E-state index contributed by atoms with van der Waals surface area (Å²) in [4.78, 5) is 21.7. The van der Waals surface area contributed by atoms with Crippen LogP contribution in [0.25, 0.3) is 0 Å². The molecular formula is C10H14O4. The predicted molar refractivity (Wildman–Crippen MR) is 47.5 cm³/mol. The molecule has 0 atom stereocenters. The van der Waals surface area contributed by atoms with E-state index in [1.54, 1.807) is 0 Å². The summed E-state index contributed by atoms with van der Waals surface area (Å²) in [6, 6.07) is 0. The molecule has 0 aromatic rings. The smallest absolute Gasteiger partial charge is 0.308 e. The molecule has 2 saturated carbocycles. The minimum atomic E-state index is -0.697. The van der Waals surface area contributed by atoms with E-state index in [1.165, 1.54) is 7.11 Å². The molecule has 2 fully saturated rings. The van der Waals surface area contributed by atoms with Crippen molar-refractivity contribution in [3.8, 4) is 0 Å². The first-order chi connectivity index (χ1) is 6.56. The Bertz CT molecular complexity index is 270. The third-order valence-electron chi connectivity index (χ3n) is 3.60. The molecule has 0 saturated heterocycles. The molecule has 14 heavy (non-hydrogen) atoms. The Kier molecular flexibility index (Phi) is 2.01. The van der Waals surface area contributed by atoms with E-state index in [9.17, 15) is 9.59 Å². The van der Waals surface area contributed by atoms with Gasteiger partial charge in [-0.15, -0.1) is 0 Å². The first-order valence-corrected chi connectivity index (χ1v) is 4.87. The van der Waals surface area contributed by atoms with Gasteiger partial charge in [0.1, 0.15) is 0 Å². The summed E-state index contributed by atoms with van der Waals surface area (Å²) in [5.41, 5.74) is 0.169. The Balaban J connectivity index is 1.79. The molecule has 2 aliphatic carbocycles. The zero-order valence-electron chi connectivity index (χ0n) is 8.16. The number of esters is 1. The Morgan fingerprint density at radius 3 is 2.14 bits per heavy atom. The van der Waals surface area contributed by atoms with Crippen molar-refractivity contribution in [2.24, 2.45) is 17.3 Å². The zero-order chi connectivity index (χ0) is 10.3. The molecule has 0 amide bonds. The van der Waals surface area contributed by atoms with Crippen molar-refractivity contribution in [2.45, 2.75) is 25.7 Å². The maximum absolute atomic E-state index is 11.1. The second-order valence-electron chi connectivity index (χ2n) is 4.57. The van der Waals surface area contributed by atoms with Gasteiger partial charge >= 0.3 is 11.9 Å². The van der Waals surface area contributed by atoms with Gasteiger partial charge in [0.25, 0.3) is 0 Å². The zero-order valence-corrected chi connectivity index (χ0v) is 8.16. The highest BCUT2D eigenvalue weighted by Crippen LogP contribution is 2.61. The number of hydrogen-bond acceptors (Lipinski definition) is 3. The van der Waals surface area contributed by atoms with E-state index in [-0.39, 0.29) is 23.2 Å². The maximum atomic E-state index is 11.1. The minimum Gasteiger partial charge on any atom is -0.481 e. The maximum Gasteiger partial charge on any atom is 0.308 e. The lowest BCUT2D eigenvalue weighted by atomic mass is 9.48. The molecule has 1 N–H and O–H groups in total. The SMILES string of the molecule is COC(=O)C1CC2(CC(C(=O)O)C2)C1. The van der Waals surface area contributed by atoms with Crippen LogP contribution < -0.4 is 0 Å². The van der Waals surface area contributed by atoms with Gasteiger partial charge in [0.05, 0.1) is 18.9 Å². The van der Waals surface area contributed by atoms with Crippen LogP contribution in [0.4, 0.5) is 0 Å². The molecule has 0 bridgehead atoms. The Hall–Kier alpha value is -1.06. The van der Waals surface area contributed by atoms with E-state index in [0.717, 1.165) is 25.7 Å². The lowest BCUT2D eigenvalue weighted by Gasteiger charge is -2.55. The van der Waals surface area contributed by atoms with Crippen molar-refractivity contribution in [1.29, 1.82) is 0 Å². The Morgan fingerprint density at radius 2 is 1.71 bits per heavy atom. The van der Waals surface area contributed by atoms with Crippen LogP contribution in [-0.4, -0.2) is 24.2 Å². The van der Waals surface area contributed by atoms with Gasteiger partial charge in [-0.25, -0.2) is 0 Å². The van der Waals surface area contributed by atoms with Crippen LogP contribution >= 0.6 is 0 Å². The van der Waals surface area contributed by atoms with Gasteiger partial charge < -0.3 is 9.84 Å². The summed E-state index contributed by atoms with van der Waals surface area (Å²) in [6.45, 7) is 0. The lowest BCUT2D eigenvalue weighted by molar-refractivity contribution is -0.169. The molecule has 2 rings (SSSR count). The van der Waals surface area contributed by atoms with Crippen LogP contribution in [0.2, 0.25) is 0 Å². The largest absolute Gasteiger partial charge is 0.481 e. The number of aliphatic carboxylic acids is 1. The van der Waals surface area contributed by atoms with Gasteiger partial charge in [0, 0.05) is 0 Å². The van der Waals surface area contributed by atoms with Crippen LogP contribution in [0.15, 0.2) is 0 Å². The number of carboxylic acids is 1. The average Bonchev–Trinajstić information content (AvgIpc) is 1.98. The van der Waals surface area contributed by atoms with Crippen LogP contribution in [0.3, 0.4) is 0 Å². The summed E-state index contributed by atoms with van der Waals surface area (Å²) in [5.74, 6) is -0.991. The van der Waals surface area contributed by atoms with E-state index in [2.05, 4.69) is 4.74 Å². The van der Waals surface area contributed by atoms with E-state index in [0.29, 0.717) is 0 Å². The van der Waals surface area contributed by atoms with E-state index in [1.807, 2.05) is 0 Å².